The molecule has 4 nitrogen and oxygen atoms in total. The van der Waals surface area contributed by atoms with Crippen molar-refractivity contribution in [2.75, 3.05) is 19.7 Å². The van der Waals surface area contributed by atoms with Gasteiger partial charge in [-0.15, -0.1) is 0 Å². The summed E-state index contributed by atoms with van der Waals surface area (Å²) in [6.45, 7) is 5.39. The highest BCUT2D eigenvalue weighted by atomic mass is 16.5. The minimum absolute atomic E-state index is 0.256. The third kappa shape index (κ3) is 4.38. The topological polar surface area (TPSA) is 53.3 Å². The van der Waals surface area contributed by atoms with Crippen LogP contribution in [0.25, 0.3) is 0 Å². The number of benzene rings is 1. The Morgan fingerprint density at radius 1 is 1.37 bits per heavy atom. The number of nitrogens with zero attached hydrogens (tertiary/aromatic N) is 2. The fraction of sp³-hybridized carbons (Fsp3) is 0.467. The van der Waals surface area contributed by atoms with Crippen LogP contribution in [0.2, 0.25) is 0 Å². The Hall–Kier alpha value is -1.86. The van der Waals surface area contributed by atoms with Crippen LogP contribution in [0.15, 0.2) is 30.3 Å². The molecule has 0 N–H and O–H groups in total. The molecule has 0 fully saturated rings. The van der Waals surface area contributed by atoms with E-state index in [0.29, 0.717) is 26.1 Å². The molecule has 0 spiro atoms. The Morgan fingerprint density at radius 2 is 2.05 bits per heavy atom. The number of esters is 1. The van der Waals surface area contributed by atoms with Gasteiger partial charge in [-0.3, -0.25) is 4.90 Å². The zero-order chi connectivity index (χ0) is 14.1. The minimum Gasteiger partial charge on any atom is -0.465 e. The van der Waals surface area contributed by atoms with E-state index < -0.39 is 6.04 Å². The van der Waals surface area contributed by atoms with Gasteiger partial charge in [0.25, 0.3) is 0 Å². The zero-order valence-corrected chi connectivity index (χ0v) is 11.5. The molecular weight excluding hydrogens is 240 g/mol. The fourth-order valence-corrected chi connectivity index (χ4v) is 2.02. The van der Waals surface area contributed by atoms with Crippen molar-refractivity contribution in [3.8, 4) is 6.07 Å². The molecule has 1 unspecified atom stereocenters. The number of carbonyl (C=O) groups excluding carboxylic acids is 1. The second-order valence-electron chi connectivity index (χ2n) is 4.10. The Bertz CT molecular complexity index is 426. The van der Waals surface area contributed by atoms with Crippen LogP contribution in [-0.4, -0.2) is 30.6 Å². The molecule has 0 aliphatic rings. The number of rotatable bonds is 7. The van der Waals surface area contributed by atoms with E-state index in [2.05, 4.69) is 6.07 Å². The van der Waals surface area contributed by atoms with Crippen molar-refractivity contribution >= 4 is 5.97 Å². The van der Waals surface area contributed by atoms with E-state index in [4.69, 9.17) is 10.00 Å². The summed E-state index contributed by atoms with van der Waals surface area (Å²) < 4.78 is 5.16. The first-order valence-corrected chi connectivity index (χ1v) is 6.57. The molecule has 0 aliphatic heterocycles. The average Bonchev–Trinajstić information content (AvgIpc) is 2.44. The highest BCUT2D eigenvalue weighted by Gasteiger charge is 2.27. The molecule has 0 radical (unpaired) electrons. The van der Waals surface area contributed by atoms with Crippen LogP contribution in [0.1, 0.15) is 31.9 Å². The summed E-state index contributed by atoms with van der Waals surface area (Å²) in [5, 5.41) is 8.71. The van der Waals surface area contributed by atoms with Gasteiger partial charge >= 0.3 is 5.97 Å². The molecule has 1 rings (SSSR count). The lowest BCUT2D eigenvalue weighted by Crippen LogP contribution is -2.35. The SMILES string of the molecule is CCOC(=O)C(c1ccccc1)N(CC)CCC#N. The van der Waals surface area contributed by atoms with E-state index in [0.717, 1.165) is 5.56 Å². The summed E-state index contributed by atoms with van der Waals surface area (Å²) in [5.41, 5.74) is 0.903. The van der Waals surface area contributed by atoms with E-state index in [1.807, 2.05) is 42.2 Å². The summed E-state index contributed by atoms with van der Waals surface area (Å²) in [6.07, 6.45) is 0.399. The molecule has 0 heterocycles. The summed E-state index contributed by atoms with van der Waals surface area (Å²) in [6, 6.07) is 11.2. The van der Waals surface area contributed by atoms with Crippen LogP contribution >= 0.6 is 0 Å². The number of nitriles is 1. The van der Waals surface area contributed by atoms with Crippen molar-refractivity contribution in [3.05, 3.63) is 35.9 Å². The van der Waals surface area contributed by atoms with E-state index in [1.165, 1.54) is 0 Å². The second kappa shape index (κ2) is 8.28. The molecule has 0 amide bonds. The largest absolute Gasteiger partial charge is 0.465 e. The summed E-state index contributed by atoms with van der Waals surface area (Å²) in [4.78, 5) is 14.1. The Kier molecular flexibility index (Phi) is 6.62. The van der Waals surface area contributed by atoms with Gasteiger partial charge in [-0.05, 0) is 19.0 Å². The molecular formula is C15H20N2O2. The van der Waals surface area contributed by atoms with Crippen LogP contribution in [0, 0.1) is 11.3 Å². The third-order valence-electron chi connectivity index (χ3n) is 2.91. The molecule has 19 heavy (non-hydrogen) atoms. The predicted octanol–water partition coefficient (Wildman–Crippen LogP) is 2.53. The lowest BCUT2D eigenvalue weighted by molar-refractivity contribution is -0.149. The second-order valence-corrected chi connectivity index (χ2v) is 4.10. The lowest BCUT2D eigenvalue weighted by Gasteiger charge is -2.28. The molecule has 0 bridgehead atoms. The first kappa shape index (κ1) is 15.2. The molecule has 0 aliphatic carbocycles. The van der Waals surface area contributed by atoms with Crippen molar-refractivity contribution < 1.29 is 9.53 Å². The summed E-state index contributed by atoms with van der Waals surface area (Å²) in [7, 11) is 0. The van der Waals surface area contributed by atoms with E-state index in [1.54, 1.807) is 6.92 Å². The monoisotopic (exact) mass is 260 g/mol. The maximum Gasteiger partial charge on any atom is 0.327 e. The first-order valence-electron chi connectivity index (χ1n) is 6.57. The van der Waals surface area contributed by atoms with Gasteiger partial charge in [-0.25, -0.2) is 4.79 Å². The van der Waals surface area contributed by atoms with Crippen molar-refractivity contribution in [1.29, 1.82) is 5.26 Å². The number of hydrogen-bond donors (Lipinski definition) is 0. The quantitative estimate of drug-likeness (QED) is 0.707. The van der Waals surface area contributed by atoms with Gasteiger partial charge < -0.3 is 4.74 Å². The van der Waals surface area contributed by atoms with Gasteiger partial charge in [0.2, 0.25) is 0 Å². The average molecular weight is 260 g/mol. The molecule has 1 aromatic carbocycles. The molecule has 102 valence electrons. The van der Waals surface area contributed by atoms with Gasteiger partial charge in [0, 0.05) is 13.0 Å². The van der Waals surface area contributed by atoms with Crippen molar-refractivity contribution in [2.45, 2.75) is 26.3 Å². The van der Waals surface area contributed by atoms with Crippen LogP contribution < -0.4 is 0 Å². The Labute approximate surface area is 114 Å². The molecule has 0 saturated heterocycles. The standard InChI is InChI=1S/C15H20N2O2/c1-3-17(12-8-11-16)14(15(18)19-4-2)13-9-6-5-7-10-13/h5-7,9-10,14H,3-4,8,12H2,1-2H3. The molecule has 1 aromatic rings. The summed E-state index contributed by atoms with van der Waals surface area (Å²) >= 11 is 0. The predicted molar refractivity (Wildman–Crippen MR) is 73.3 cm³/mol. The van der Waals surface area contributed by atoms with Gasteiger partial charge in [0.05, 0.1) is 12.7 Å². The number of ether oxygens (including phenoxy) is 1. The maximum atomic E-state index is 12.2. The molecule has 1 atom stereocenters. The number of hydrogen-bond acceptors (Lipinski definition) is 4. The zero-order valence-electron chi connectivity index (χ0n) is 11.5. The summed E-state index contributed by atoms with van der Waals surface area (Å²) in [5.74, 6) is -0.256. The van der Waals surface area contributed by atoms with E-state index in [-0.39, 0.29) is 5.97 Å². The van der Waals surface area contributed by atoms with E-state index in [9.17, 15) is 4.79 Å². The van der Waals surface area contributed by atoms with Crippen LogP contribution in [0.4, 0.5) is 0 Å². The molecule has 0 saturated carbocycles. The normalized spacial score (nSPS) is 11.9. The molecule has 0 aromatic heterocycles. The maximum absolute atomic E-state index is 12.2. The highest BCUT2D eigenvalue weighted by molar-refractivity contribution is 5.77. The Balaban J connectivity index is 2.97. The Morgan fingerprint density at radius 3 is 2.58 bits per heavy atom. The number of carbonyl (C=O) groups is 1. The third-order valence-corrected chi connectivity index (χ3v) is 2.91. The van der Waals surface area contributed by atoms with Gasteiger partial charge in [-0.1, -0.05) is 37.3 Å². The van der Waals surface area contributed by atoms with Crippen molar-refractivity contribution in [3.63, 3.8) is 0 Å². The highest BCUT2D eigenvalue weighted by Crippen LogP contribution is 2.22. The van der Waals surface area contributed by atoms with Gasteiger partial charge in [-0.2, -0.15) is 5.26 Å². The lowest BCUT2D eigenvalue weighted by atomic mass is 10.1. The van der Waals surface area contributed by atoms with Gasteiger partial charge in [0.1, 0.15) is 6.04 Å². The van der Waals surface area contributed by atoms with Crippen LogP contribution in [0.3, 0.4) is 0 Å². The van der Waals surface area contributed by atoms with Crippen molar-refractivity contribution in [1.82, 2.24) is 4.90 Å². The fourth-order valence-electron chi connectivity index (χ4n) is 2.02. The van der Waals surface area contributed by atoms with Crippen LogP contribution in [0.5, 0.6) is 0 Å². The van der Waals surface area contributed by atoms with E-state index >= 15 is 0 Å². The van der Waals surface area contributed by atoms with Crippen molar-refractivity contribution in [2.24, 2.45) is 0 Å². The first-order chi connectivity index (χ1) is 9.24. The number of likely N-dealkylation sites (N-methyl/N-ethyl adjacent to an activating group) is 1. The van der Waals surface area contributed by atoms with Crippen LogP contribution in [-0.2, 0) is 9.53 Å². The van der Waals surface area contributed by atoms with Gasteiger partial charge in [0.15, 0.2) is 0 Å². The minimum atomic E-state index is -0.431. The smallest absolute Gasteiger partial charge is 0.327 e. The molecule has 4 heteroatoms.